The predicted octanol–water partition coefficient (Wildman–Crippen LogP) is 1.46. The van der Waals surface area contributed by atoms with Crippen LogP contribution in [0.1, 0.15) is 13.8 Å². The summed E-state index contributed by atoms with van der Waals surface area (Å²) in [7, 11) is 0. The minimum Gasteiger partial charge on any atom is -0.330 e. The Labute approximate surface area is 56.3 Å². The molecule has 52 valence electrons. The monoisotopic (exact) mass is 127 g/mol. The van der Waals surface area contributed by atoms with Gasteiger partial charge in [-0.05, 0) is 12.3 Å². The SMILES string of the molecule is C=CNC(=O)C=C.CC. The van der Waals surface area contributed by atoms with Crippen molar-refractivity contribution >= 4 is 5.91 Å². The third kappa shape index (κ3) is 10.9. The number of hydrogen-bond acceptors (Lipinski definition) is 1. The van der Waals surface area contributed by atoms with Gasteiger partial charge in [0.05, 0.1) is 0 Å². The van der Waals surface area contributed by atoms with Gasteiger partial charge >= 0.3 is 0 Å². The van der Waals surface area contributed by atoms with Crippen LogP contribution in [0.3, 0.4) is 0 Å². The lowest BCUT2D eigenvalue weighted by molar-refractivity contribution is -0.115. The second-order valence-corrected chi connectivity index (χ2v) is 0.917. The first kappa shape index (κ1) is 10.8. The quantitative estimate of drug-likeness (QED) is 0.559. The van der Waals surface area contributed by atoms with Crippen LogP contribution in [0.15, 0.2) is 25.4 Å². The van der Waals surface area contributed by atoms with Gasteiger partial charge in [-0.15, -0.1) is 0 Å². The fraction of sp³-hybridized carbons (Fsp3) is 0.286. The molecular formula is C7H13NO. The second kappa shape index (κ2) is 10.0. The van der Waals surface area contributed by atoms with E-state index in [0.717, 1.165) is 0 Å². The number of carbonyl (C=O) groups is 1. The zero-order valence-corrected chi connectivity index (χ0v) is 5.98. The Morgan fingerprint density at radius 1 is 1.44 bits per heavy atom. The molecule has 0 saturated heterocycles. The lowest BCUT2D eigenvalue weighted by Gasteiger charge is -1.85. The van der Waals surface area contributed by atoms with Crippen molar-refractivity contribution in [1.29, 1.82) is 0 Å². The van der Waals surface area contributed by atoms with Crippen LogP contribution in [-0.4, -0.2) is 5.91 Å². The van der Waals surface area contributed by atoms with E-state index in [1.807, 2.05) is 13.8 Å². The van der Waals surface area contributed by atoms with Crippen LogP contribution in [0.4, 0.5) is 0 Å². The van der Waals surface area contributed by atoms with E-state index in [-0.39, 0.29) is 5.91 Å². The first-order chi connectivity index (χ1) is 4.31. The molecule has 0 rings (SSSR count). The summed E-state index contributed by atoms with van der Waals surface area (Å²) in [5.74, 6) is -0.227. The van der Waals surface area contributed by atoms with E-state index in [1.165, 1.54) is 12.3 Å². The molecule has 0 aromatic heterocycles. The average Bonchev–Trinajstić information content (AvgIpc) is 1.93. The molecule has 0 unspecified atom stereocenters. The molecule has 0 saturated carbocycles. The molecule has 0 heterocycles. The number of hydrogen-bond donors (Lipinski definition) is 1. The molecule has 0 aliphatic carbocycles. The Hall–Kier alpha value is -1.05. The highest BCUT2D eigenvalue weighted by Crippen LogP contribution is 1.61. The van der Waals surface area contributed by atoms with Crippen LogP contribution in [0.25, 0.3) is 0 Å². The van der Waals surface area contributed by atoms with Crippen molar-refractivity contribution in [2.24, 2.45) is 0 Å². The highest BCUT2D eigenvalue weighted by atomic mass is 16.1. The molecule has 1 amide bonds. The maximum Gasteiger partial charge on any atom is 0.247 e. The summed E-state index contributed by atoms with van der Waals surface area (Å²) in [4.78, 5) is 10.1. The standard InChI is InChI=1S/C5H7NO.C2H6/c1-3-5(7)6-4-2;1-2/h3-4H,1-2H2,(H,6,7);1-2H3. The predicted molar refractivity (Wildman–Crippen MR) is 39.9 cm³/mol. The van der Waals surface area contributed by atoms with Crippen molar-refractivity contribution in [1.82, 2.24) is 5.32 Å². The Bertz CT molecular complexity index is 97.1. The van der Waals surface area contributed by atoms with E-state index in [0.29, 0.717) is 0 Å². The molecule has 0 aromatic rings. The van der Waals surface area contributed by atoms with Gasteiger partial charge in [-0.3, -0.25) is 4.79 Å². The van der Waals surface area contributed by atoms with Crippen LogP contribution in [0.5, 0.6) is 0 Å². The van der Waals surface area contributed by atoms with Crippen molar-refractivity contribution in [2.75, 3.05) is 0 Å². The highest BCUT2D eigenvalue weighted by Gasteiger charge is 1.81. The average molecular weight is 127 g/mol. The molecule has 0 aliphatic heterocycles. The smallest absolute Gasteiger partial charge is 0.247 e. The fourth-order valence-electron chi connectivity index (χ4n) is 0.160. The third-order valence-electron chi connectivity index (χ3n) is 0.430. The van der Waals surface area contributed by atoms with Crippen LogP contribution >= 0.6 is 0 Å². The molecule has 0 radical (unpaired) electrons. The fourth-order valence-corrected chi connectivity index (χ4v) is 0.160. The van der Waals surface area contributed by atoms with E-state index >= 15 is 0 Å². The second-order valence-electron chi connectivity index (χ2n) is 0.917. The zero-order chi connectivity index (χ0) is 7.70. The number of rotatable bonds is 2. The van der Waals surface area contributed by atoms with Gasteiger partial charge in [0.1, 0.15) is 0 Å². The molecule has 0 aliphatic rings. The minimum atomic E-state index is -0.227. The van der Waals surface area contributed by atoms with Gasteiger partial charge in [-0.1, -0.05) is 27.0 Å². The van der Waals surface area contributed by atoms with Crippen molar-refractivity contribution in [3.05, 3.63) is 25.4 Å². The van der Waals surface area contributed by atoms with Crippen molar-refractivity contribution < 1.29 is 4.79 Å². The summed E-state index contributed by atoms with van der Waals surface area (Å²) in [6, 6.07) is 0. The van der Waals surface area contributed by atoms with Gasteiger partial charge in [-0.25, -0.2) is 0 Å². The Kier molecular flexibility index (Phi) is 12.1. The summed E-state index contributed by atoms with van der Waals surface area (Å²) in [6.07, 6.45) is 2.49. The van der Waals surface area contributed by atoms with Crippen molar-refractivity contribution in [2.45, 2.75) is 13.8 Å². The molecule has 9 heavy (non-hydrogen) atoms. The summed E-state index contributed by atoms with van der Waals surface area (Å²) < 4.78 is 0. The largest absolute Gasteiger partial charge is 0.330 e. The minimum absolute atomic E-state index is 0.227. The Morgan fingerprint density at radius 2 is 1.89 bits per heavy atom. The van der Waals surface area contributed by atoms with Crippen LogP contribution in [0, 0.1) is 0 Å². The van der Waals surface area contributed by atoms with Crippen LogP contribution < -0.4 is 5.32 Å². The normalized spacial score (nSPS) is 6.00. The maximum absolute atomic E-state index is 10.1. The van der Waals surface area contributed by atoms with E-state index in [9.17, 15) is 4.79 Å². The number of nitrogens with one attached hydrogen (secondary N) is 1. The summed E-state index contributed by atoms with van der Waals surface area (Å²) in [6.45, 7) is 10.5. The zero-order valence-electron chi connectivity index (χ0n) is 5.98. The first-order valence-electron chi connectivity index (χ1n) is 2.85. The van der Waals surface area contributed by atoms with E-state index in [1.54, 1.807) is 0 Å². The first-order valence-corrected chi connectivity index (χ1v) is 2.85. The Morgan fingerprint density at radius 3 is 2.00 bits per heavy atom. The van der Waals surface area contributed by atoms with Gasteiger partial charge in [0.25, 0.3) is 0 Å². The molecule has 2 nitrogen and oxygen atoms in total. The molecule has 1 N–H and O–H groups in total. The van der Waals surface area contributed by atoms with Gasteiger partial charge in [0.2, 0.25) is 5.91 Å². The highest BCUT2D eigenvalue weighted by molar-refractivity contribution is 5.87. The summed E-state index contributed by atoms with van der Waals surface area (Å²) >= 11 is 0. The van der Waals surface area contributed by atoms with Crippen molar-refractivity contribution in [3.63, 3.8) is 0 Å². The molecule has 0 spiro atoms. The molecule has 0 bridgehead atoms. The third-order valence-corrected chi connectivity index (χ3v) is 0.430. The van der Waals surface area contributed by atoms with Crippen LogP contribution in [0.2, 0.25) is 0 Å². The van der Waals surface area contributed by atoms with Gasteiger partial charge in [0.15, 0.2) is 0 Å². The number of carbonyl (C=O) groups excluding carboxylic acids is 1. The van der Waals surface area contributed by atoms with Crippen molar-refractivity contribution in [3.8, 4) is 0 Å². The van der Waals surface area contributed by atoms with E-state index < -0.39 is 0 Å². The summed E-state index contributed by atoms with van der Waals surface area (Å²) in [5, 5.41) is 2.30. The molecule has 2 heteroatoms. The number of amides is 1. The van der Waals surface area contributed by atoms with E-state index in [2.05, 4.69) is 18.5 Å². The molecule has 0 aromatic carbocycles. The van der Waals surface area contributed by atoms with Gasteiger partial charge in [0, 0.05) is 0 Å². The topological polar surface area (TPSA) is 29.1 Å². The van der Waals surface area contributed by atoms with Crippen LogP contribution in [-0.2, 0) is 4.79 Å². The Balaban J connectivity index is 0. The van der Waals surface area contributed by atoms with E-state index in [4.69, 9.17) is 0 Å². The molecular weight excluding hydrogens is 114 g/mol. The molecule has 0 atom stereocenters. The maximum atomic E-state index is 10.1. The lowest BCUT2D eigenvalue weighted by Crippen LogP contribution is -2.11. The van der Waals surface area contributed by atoms with Gasteiger partial charge < -0.3 is 5.32 Å². The summed E-state index contributed by atoms with van der Waals surface area (Å²) in [5.41, 5.74) is 0. The molecule has 0 fully saturated rings. The van der Waals surface area contributed by atoms with Gasteiger partial charge in [-0.2, -0.15) is 0 Å². The lowest BCUT2D eigenvalue weighted by atomic mass is 10.6.